The first-order valence-corrected chi connectivity index (χ1v) is 15.3. The van der Waals surface area contributed by atoms with Gasteiger partial charge in [-0.3, -0.25) is 0 Å². The molecule has 1 aliphatic carbocycles. The van der Waals surface area contributed by atoms with Crippen molar-refractivity contribution in [3.05, 3.63) is 42.0 Å². The van der Waals surface area contributed by atoms with Crippen molar-refractivity contribution in [1.82, 2.24) is 4.72 Å². The SMILES string of the molecule is COC(=O)O[C@H]1C=C[C@@H](NS(=O)(=O)c2ccc(C)cc2)[C@H](O[Si](C)(C)C(C)(C)C)[C@H]1Br. The minimum absolute atomic E-state index is 0.0973. The van der Waals surface area contributed by atoms with Crippen LogP contribution in [-0.4, -0.2) is 53.1 Å². The highest BCUT2D eigenvalue weighted by Gasteiger charge is 2.46. The number of ether oxygens (including phenoxy) is 2. The van der Waals surface area contributed by atoms with Crippen molar-refractivity contribution in [1.29, 1.82) is 0 Å². The molecular formula is C21H32BrNO6SSi. The summed E-state index contributed by atoms with van der Waals surface area (Å²) >= 11 is 3.59. The van der Waals surface area contributed by atoms with E-state index in [1.54, 1.807) is 36.4 Å². The monoisotopic (exact) mass is 533 g/mol. The summed E-state index contributed by atoms with van der Waals surface area (Å²) in [7, 11) is -4.84. The molecule has 7 nitrogen and oxygen atoms in total. The van der Waals surface area contributed by atoms with Crippen LogP contribution in [0.1, 0.15) is 26.3 Å². The highest BCUT2D eigenvalue weighted by molar-refractivity contribution is 9.09. The highest BCUT2D eigenvalue weighted by atomic mass is 79.9. The van der Waals surface area contributed by atoms with Crippen LogP contribution in [-0.2, 0) is 23.9 Å². The van der Waals surface area contributed by atoms with Gasteiger partial charge in [-0.15, -0.1) is 0 Å². The van der Waals surface area contributed by atoms with E-state index in [-0.39, 0.29) is 9.93 Å². The zero-order valence-corrected chi connectivity index (χ0v) is 22.4. The van der Waals surface area contributed by atoms with Crippen LogP contribution in [0.5, 0.6) is 0 Å². The van der Waals surface area contributed by atoms with Crippen LogP contribution >= 0.6 is 15.9 Å². The van der Waals surface area contributed by atoms with Crippen LogP contribution in [0.2, 0.25) is 18.1 Å². The molecule has 1 aromatic rings. The molecule has 0 fully saturated rings. The first-order valence-electron chi connectivity index (χ1n) is 10.0. The van der Waals surface area contributed by atoms with E-state index >= 15 is 0 Å². The lowest BCUT2D eigenvalue weighted by Crippen LogP contribution is -2.58. The van der Waals surface area contributed by atoms with Crippen molar-refractivity contribution in [2.24, 2.45) is 0 Å². The van der Waals surface area contributed by atoms with Gasteiger partial charge in [0.2, 0.25) is 10.0 Å². The number of rotatable bonds is 6. The van der Waals surface area contributed by atoms with Gasteiger partial charge >= 0.3 is 6.16 Å². The average Bonchev–Trinajstić information content (AvgIpc) is 2.66. The molecule has 0 saturated heterocycles. The molecule has 4 atom stereocenters. The number of hydrogen-bond acceptors (Lipinski definition) is 6. The van der Waals surface area contributed by atoms with E-state index in [0.29, 0.717) is 0 Å². The third-order valence-corrected chi connectivity index (χ3v) is 12.7. The third-order valence-electron chi connectivity index (χ3n) is 5.75. The summed E-state index contributed by atoms with van der Waals surface area (Å²) in [5.41, 5.74) is 0.971. The summed E-state index contributed by atoms with van der Waals surface area (Å²) in [6, 6.07) is 6.00. The highest BCUT2D eigenvalue weighted by Crippen LogP contribution is 2.40. The van der Waals surface area contributed by atoms with Crippen molar-refractivity contribution in [2.75, 3.05) is 7.11 Å². The van der Waals surface area contributed by atoms with Gasteiger partial charge in [-0.05, 0) is 43.3 Å². The van der Waals surface area contributed by atoms with Crippen molar-refractivity contribution < 1.29 is 27.1 Å². The molecule has 0 heterocycles. The zero-order chi connectivity index (χ0) is 23.6. The summed E-state index contributed by atoms with van der Waals surface area (Å²) in [4.78, 5) is 11.4. The van der Waals surface area contributed by atoms with Crippen LogP contribution in [0.4, 0.5) is 4.79 Å². The molecule has 0 bridgehead atoms. The standard InChI is InChI=1S/C21H32BrNO6SSi/c1-14-8-10-15(11-9-14)30(25,26)23-16-12-13-17(28-20(24)27-5)18(22)19(16)29-31(6,7)21(2,3)4/h8-13,16-19,23H,1-7H3/t16-,17+,18+,19+/m1/s1. The van der Waals surface area contributed by atoms with E-state index in [9.17, 15) is 13.2 Å². The van der Waals surface area contributed by atoms with Gasteiger partial charge in [0.25, 0.3) is 0 Å². The largest absolute Gasteiger partial charge is 0.508 e. The summed E-state index contributed by atoms with van der Waals surface area (Å²) < 4.78 is 45.3. The second kappa shape index (κ2) is 9.74. The van der Waals surface area contributed by atoms with Gasteiger partial charge in [0, 0.05) is 0 Å². The molecular weight excluding hydrogens is 502 g/mol. The van der Waals surface area contributed by atoms with E-state index in [0.717, 1.165) is 5.56 Å². The Hall–Kier alpha value is -1.20. The van der Waals surface area contributed by atoms with Crippen LogP contribution in [0, 0.1) is 6.92 Å². The Balaban J connectivity index is 2.38. The first-order chi connectivity index (χ1) is 14.2. The van der Waals surface area contributed by atoms with Crippen molar-refractivity contribution in [3.63, 3.8) is 0 Å². The topological polar surface area (TPSA) is 90.9 Å². The smallest absolute Gasteiger partial charge is 0.438 e. The Morgan fingerprint density at radius 3 is 2.23 bits per heavy atom. The fourth-order valence-electron chi connectivity index (χ4n) is 2.82. The Morgan fingerprint density at radius 1 is 1.13 bits per heavy atom. The van der Waals surface area contributed by atoms with Crippen LogP contribution < -0.4 is 4.72 Å². The molecule has 31 heavy (non-hydrogen) atoms. The summed E-state index contributed by atoms with van der Waals surface area (Å²) in [5, 5.41) is -0.0973. The lowest BCUT2D eigenvalue weighted by atomic mass is 9.98. The molecule has 1 aromatic carbocycles. The summed E-state index contributed by atoms with van der Waals surface area (Å²) in [6.07, 6.45) is 1.24. The maximum absolute atomic E-state index is 13.0. The molecule has 0 aromatic heterocycles. The van der Waals surface area contributed by atoms with E-state index < -0.39 is 47.6 Å². The quantitative estimate of drug-likeness (QED) is 0.250. The third kappa shape index (κ3) is 6.41. The molecule has 174 valence electrons. The molecule has 1 aliphatic rings. The Bertz CT molecular complexity index is 911. The van der Waals surface area contributed by atoms with Crippen LogP contribution in [0.15, 0.2) is 41.3 Å². The fraction of sp³-hybridized carbons (Fsp3) is 0.571. The van der Waals surface area contributed by atoms with Crippen molar-refractivity contribution >= 4 is 40.4 Å². The number of methoxy groups -OCH3 is 1. The fourth-order valence-corrected chi connectivity index (χ4v) is 6.27. The van der Waals surface area contributed by atoms with Gasteiger partial charge in [-0.25, -0.2) is 17.9 Å². The number of carbonyl (C=O) groups excluding carboxylic acids is 1. The van der Waals surface area contributed by atoms with Crippen LogP contribution in [0.3, 0.4) is 0 Å². The molecule has 10 heteroatoms. The van der Waals surface area contributed by atoms with E-state index in [1.807, 2.05) is 6.92 Å². The number of carbonyl (C=O) groups is 1. The lowest BCUT2D eigenvalue weighted by Gasteiger charge is -2.44. The minimum atomic E-state index is -3.79. The number of alkyl halides is 1. The van der Waals surface area contributed by atoms with E-state index in [2.05, 4.69) is 59.3 Å². The maximum Gasteiger partial charge on any atom is 0.508 e. The molecule has 0 amide bonds. The number of sulfonamides is 1. The van der Waals surface area contributed by atoms with E-state index in [1.165, 1.54) is 7.11 Å². The predicted molar refractivity (Wildman–Crippen MR) is 126 cm³/mol. The second-order valence-electron chi connectivity index (χ2n) is 9.17. The molecule has 0 saturated carbocycles. The molecule has 0 radical (unpaired) electrons. The second-order valence-corrected chi connectivity index (χ2v) is 16.7. The van der Waals surface area contributed by atoms with Gasteiger partial charge in [-0.2, -0.15) is 0 Å². The zero-order valence-electron chi connectivity index (χ0n) is 19.0. The Labute approximate surface area is 194 Å². The summed E-state index contributed by atoms with van der Waals surface area (Å²) in [5.74, 6) is 0. The molecule has 0 unspecified atom stereocenters. The number of nitrogens with one attached hydrogen (secondary N) is 1. The number of aryl methyl sites for hydroxylation is 1. The van der Waals surface area contributed by atoms with Gasteiger partial charge in [0.1, 0.15) is 6.10 Å². The number of halogens is 1. The van der Waals surface area contributed by atoms with Gasteiger partial charge in [0.05, 0.1) is 29.0 Å². The first kappa shape index (κ1) is 26.1. The molecule has 1 N–H and O–H groups in total. The predicted octanol–water partition coefficient (Wildman–Crippen LogP) is 4.52. The van der Waals surface area contributed by atoms with Crippen LogP contribution in [0.25, 0.3) is 0 Å². The number of benzene rings is 1. The summed E-state index contributed by atoms with van der Waals surface area (Å²) in [6.45, 7) is 12.4. The molecule has 2 rings (SSSR count). The Kier molecular flexibility index (Phi) is 8.19. The van der Waals surface area contributed by atoms with Gasteiger partial charge < -0.3 is 13.9 Å². The minimum Gasteiger partial charge on any atom is -0.438 e. The Morgan fingerprint density at radius 2 is 1.71 bits per heavy atom. The van der Waals surface area contributed by atoms with Gasteiger partial charge in [0.15, 0.2) is 8.32 Å². The van der Waals surface area contributed by atoms with Crippen molar-refractivity contribution in [2.45, 2.75) is 73.8 Å². The number of hydrogen-bond donors (Lipinski definition) is 1. The average molecular weight is 535 g/mol. The molecule has 0 aliphatic heterocycles. The van der Waals surface area contributed by atoms with Gasteiger partial charge in [-0.1, -0.05) is 60.5 Å². The maximum atomic E-state index is 13.0. The van der Waals surface area contributed by atoms with Crippen molar-refractivity contribution in [3.8, 4) is 0 Å². The normalized spacial score (nSPS) is 24.6. The molecule has 0 spiro atoms. The van der Waals surface area contributed by atoms with E-state index in [4.69, 9.17) is 9.16 Å². The lowest BCUT2D eigenvalue weighted by molar-refractivity contribution is 0.0314.